The largest absolute Gasteiger partial charge is 0.497 e. The first-order valence-electron chi connectivity index (χ1n) is 7.75. The highest BCUT2D eigenvalue weighted by Gasteiger charge is 2.80. The van der Waals surface area contributed by atoms with Gasteiger partial charge >= 0.3 is 17.8 Å². The number of halogens is 6. The number of methoxy groups -OCH3 is 2. The van der Waals surface area contributed by atoms with Crippen LogP contribution in [-0.4, -0.2) is 32.0 Å². The van der Waals surface area contributed by atoms with E-state index in [4.69, 9.17) is 9.47 Å². The van der Waals surface area contributed by atoms with Crippen LogP contribution in [0, 0.1) is 0 Å². The van der Waals surface area contributed by atoms with E-state index in [-0.39, 0.29) is 11.5 Å². The van der Waals surface area contributed by atoms with Crippen molar-refractivity contribution < 1.29 is 35.8 Å². The van der Waals surface area contributed by atoms with Crippen molar-refractivity contribution in [2.24, 2.45) is 0 Å². The topological polar surface area (TPSA) is 18.5 Å². The lowest BCUT2D eigenvalue weighted by molar-refractivity contribution is -0.254. The Balaban J connectivity index is 2.30. The van der Waals surface area contributed by atoms with Gasteiger partial charge in [-0.25, -0.2) is 0 Å². The minimum atomic E-state index is -5.58. The monoisotopic (exact) mass is 388 g/mol. The van der Waals surface area contributed by atoms with Gasteiger partial charge in [-0.1, -0.05) is 24.3 Å². The lowest BCUT2D eigenvalue weighted by atomic mass is 9.95. The molecule has 0 aliphatic heterocycles. The summed E-state index contributed by atoms with van der Waals surface area (Å²) in [6.07, 6.45) is 0. The number of hydrogen-bond acceptors (Lipinski definition) is 2. The standard InChI is InChI=1S/C19H14F6O2/c1-26-13-7-3-11(4-8-13)15-16(12-5-9-14(27-2)10-6-12)18(22,23)19(24,25)17(15,20)21/h3-10H,1-2H3. The number of rotatable bonds is 4. The van der Waals surface area contributed by atoms with Gasteiger partial charge in [0.15, 0.2) is 0 Å². The van der Waals surface area contributed by atoms with Gasteiger partial charge in [-0.3, -0.25) is 0 Å². The zero-order valence-electron chi connectivity index (χ0n) is 14.2. The molecule has 0 amide bonds. The van der Waals surface area contributed by atoms with E-state index in [9.17, 15) is 26.3 Å². The lowest BCUT2D eigenvalue weighted by Gasteiger charge is -2.25. The molecule has 144 valence electrons. The average molecular weight is 388 g/mol. The van der Waals surface area contributed by atoms with Crippen LogP contribution < -0.4 is 9.47 Å². The fourth-order valence-corrected chi connectivity index (χ4v) is 2.99. The smallest absolute Gasteiger partial charge is 0.380 e. The maximum atomic E-state index is 14.5. The third kappa shape index (κ3) is 2.65. The van der Waals surface area contributed by atoms with Crippen LogP contribution in [0.1, 0.15) is 11.1 Å². The highest BCUT2D eigenvalue weighted by Crippen LogP contribution is 2.64. The quantitative estimate of drug-likeness (QED) is 0.641. The predicted octanol–water partition coefficient (Wildman–Crippen LogP) is 5.53. The number of allylic oxidation sites excluding steroid dienone is 2. The maximum absolute atomic E-state index is 14.5. The maximum Gasteiger partial charge on any atom is 0.380 e. The summed E-state index contributed by atoms with van der Waals surface area (Å²) in [6, 6.07) is 9.12. The molecule has 0 atom stereocenters. The highest BCUT2D eigenvalue weighted by atomic mass is 19.3. The van der Waals surface area contributed by atoms with E-state index < -0.39 is 40.0 Å². The first-order chi connectivity index (χ1) is 12.6. The van der Waals surface area contributed by atoms with Crippen LogP contribution >= 0.6 is 0 Å². The number of hydrogen-bond donors (Lipinski definition) is 0. The van der Waals surface area contributed by atoms with Gasteiger partial charge in [-0.2, -0.15) is 26.3 Å². The van der Waals surface area contributed by atoms with Crippen molar-refractivity contribution in [3.8, 4) is 11.5 Å². The summed E-state index contributed by atoms with van der Waals surface area (Å²) >= 11 is 0. The van der Waals surface area contributed by atoms with Gasteiger partial charge in [0.25, 0.3) is 0 Å². The van der Waals surface area contributed by atoms with Crippen LogP contribution in [0.4, 0.5) is 26.3 Å². The van der Waals surface area contributed by atoms with Crippen molar-refractivity contribution in [1.29, 1.82) is 0 Å². The van der Waals surface area contributed by atoms with Crippen LogP contribution in [0.5, 0.6) is 11.5 Å². The first kappa shape index (κ1) is 19.1. The van der Waals surface area contributed by atoms with Crippen molar-refractivity contribution >= 4 is 11.1 Å². The van der Waals surface area contributed by atoms with Crippen molar-refractivity contribution in [1.82, 2.24) is 0 Å². The molecule has 1 aliphatic rings. The summed E-state index contributed by atoms with van der Waals surface area (Å²) in [5.74, 6) is -15.2. The van der Waals surface area contributed by atoms with Gasteiger partial charge in [0, 0.05) is 11.1 Å². The molecule has 2 aromatic rings. The summed E-state index contributed by atoms with van der Waals surface area (Å²) in [6.45, 7) is 0. The molecular weight excluding hydrogens is 374 g/mol. The molecule has 27 heavy (non-hydrogen) atoms. The number of ether oxygens (including phenoxy) is 2. The van der Waals surface area contributed by atoms with E-state index >= 15 is 0 Å². The highest BCUT2D eigenvalue weighted by molar-refractivity contribution is 6.01. The fraction of sp³-hybridized carbons (Fsp3) is 0.263. The Morgan fingerprint density at radius 3 is 1.11 bits per heavy atom. The van der Waals surface area contributed by atoms with E-state index in [1.165, 1.54) is 38.5 Å². The van der Waals surface area contributed by atoms with Crippen molar-refractivity contribution in [3.63, 3.8) is 0 Å². The molecule has 2 aromatic carbocycles. The molecule has 0 N–H and O–H groups in total. The van der Waals surface area contributed by atoms with Crippen molar-refractivity contribution in [2.45, 2.75) is 17.8 Å². The molecule has 0 fully saturated rings. The first-order valence-corrected chi connectivity index (χ1v) is 7.75. The Morgan fingerprint density at radius 1 is 0.556 bits per heavy atom. The van der Waals surface area contributed by atoms with E-state index in [0.717, 1.165) is 24.3 Å². The molecule has 0 aromatic heterocycles. The zero-order valence-corrected chi connectivity index (χ0v) is 14.2. The third-order valence-corrected chi connectivity index (χ3v) is 4.42. The predicted molar refractivity (Wildman–Crippen MR) is 87.6 cm³/mol. The van der Waals surface area contributed by atoms with E-state index in [0.29, 0.717) is 0 Å². The second kappa shape index (κ2) is 6.21. The van der Waals surface area contributed by atoms with Crippen LogP contribution in [-0.2, 0) is 0 Å². The van der Waals surface area contributed by atoms with Gasteiger partial charge in [-0.05, 0) is 35.4 Å². The minimum Gasteiger partial charge on any atom is -0.497 e. The Morgan fingerprint density at radius 2 is 0.852 bits per heavy atom. The Hall–Kier alpha value is -2.64. The summed E-state index contributed by atoms with van der Waals surface area (Å²) < 4.78 is 95.9. The molecular formula is C19H14F6O2. The summed E-state index contributed by atoms with van der Waals surface area (Å²) in [7, 11) is 2.65. The van der Waals surface area contributed by atoms with Gasteiger partial charge in [0.2, 0.25) is 0 Å². The molecule has 8 heteroatoms. The SMILES string of the molecule is COc1ccc(C2=C(c3ccc(OC)cc3)C(F)(F)C(F)(F)C2(F)F)cc1. The van der Waals surface area contributed by atoms with E-state index in [1.54, 1.807) is 0 Å². The second-order valence-corrected chi connectivity index (χ2v) is 5.93. The molecule has 2 nitrogen and oxygen atoms in total. The lowest BCUT2D eigenvalue weighted by Crippen LogP contribution is -2.48. The van der Waals surface area contributed by atoms with E-state index in [2.05, 4.69) is 0 Å². The summed E-state index contributed by atoms with van der Waals surface area (Å²) in [5.41, 5.74) is -3.71. The molecule has 1 aliphatic carbocycles. The van der Waals surface area contributed by atoms with Crippen LogP contribution in [0.2, 0.25) is 0 Å². The van der Waals surface area contributed by atoms with Crippen LogP contribution in [0.25, 0.3) is 11.1 Å². The van der Waals surface area contributed by atoms with Gasteiger partial charge < -0.3 is 9.47 Å². The summed E-state index contributed by atoms with van der Waals surface area (Å²) in [4.78, 5) is 0. The average Bonchev–Trinajstić information content (AvgIpc) is 2.76. The fourth-order valence-electron chi connectivity index (χ4n) is 2.99. The Bertz CT molecular complexity index is 799. The van der Waals surface area contributed by atoms with Crippen LogP contribution in [0.3, 0.4) is 0 Å². The van der Waals surface area contributed by atoms with Gasteiger partial charge in [0.05, 0.1) is 14.2 Å². The molecule has 0 spiro atoms. The molecule has 0 unspecified atom stereocenters. The van der Waals surface area contributed by atoms with Crippen LogP contribution in [0.15, 0.2) is 48.5 Å². The molecule has 0 saturated carbocycles. The van der Waals surface area contributed by atoms with E-state index in [1.807, 2.05) is 0 Å². The van der Waals surface area contributed by atoms with Crippen molar-refractivity contribution in [3.05, 3.63) is 59.7 Å². The Kier molecular flexibility index (Phi) is 4.40. The molecule has 0 bridgehead atoms. The third-order valence-electron chi connectivity index (χ3n) is 4.42. The number of benzene rings is 2. The zero-order chi connectivity index (χ0) is 20.0. The molecule has 0 heterocycles. The molecule has 0 radical (unpaired) electrons. The van der Waals surface area contributed by atoms with Gasteiger partial charge in [-0.15, -0.1) is 0 Å². The molecule has 3 rings (SSSR count). The normalized spacial score (nSPS) is 19.9. The second-order valence-electron chi connectivity index (χ2n) is 5.93. The summed E-state index contributed by atoms with van der Waals surface area (Å²) in [5, 5.41) is 0. The van der Waals surface area contributed by atoms with Crippen molar-refractivity contribution in [2.75, 3.05) is 14.2 Å². The minimum absolute atomic E-state index is 0.269. The van der Waals surface area contributed by atoms with Gasteiger partial charge in [0.1, 0.15) is 11.5 Å². The number of alkyl halides is 6. The molecule has 0 saturated heterocycles. The Labute approximate surface area is 151 Å².